The van der Waals surface area contributed by atoms with Gasteiger partial charge in [0.05, 0.1) is 17.3 Å². The molecule has 1 aromatic rings. The van der Waals surface area contributed by atoms with Crippen LogP contribution in [0.15, 0.2) is 30.9 Å². The molecule has 0 aliphatic heterocycles. The van der Waals surface area contributed by atoms with Crippen molar-refractivity contribution in [1.29, 1.82) is 0 Å². The van der Waals surface area contributed by atoms with E-state index in [9.17, 15) is 9.59 Å². The van der Waals surface area contributed by atoms with Gasteiger partial charge in [0.2, 0.25) is 0 Å². The Kier molecular flexibility index (Phi) is 7.26. The molecule has 0 fully saturated rings. The highest BCUT2D eigenvalue weighted by atomic mass is 35.5. The second kappa shape index (κ2) is 8.70. The second-order valence-electron chi connectivity index (χ2n) is 5.46. The molecule has 2 amide bonds. The van der Waals surface area contributed by atoms with Gasteiger partial charge >= 0.3 is 0 Å². The summed E-state index contributed by atoms with van der Waals surface area (Å²) in [4.78, 5) is 26.0. The van der Waals surface area contributed by atoms with Crippen molar-refractivity contribution >= 4 is 29.1 Å². The quantitative estimate of drug-likeness (QED) is 0.776. The molecule has 0 saturated carbocycles. The van der Waals surface area contributed by atoms with Gasteiger partial charge in [0.25, 0.3) is 11.8 Å². The van der Waals surface area contributed by atoms with Crippen molar-refractivity contribution in [2.24, 2.45) is 0 Å². The molecule has 0 radical (unpaired) electrons. The Labute approximate surface area is 142 Å². The molecular formula is C17H23ClN2O3. The van der Waals surface area contributed by atoms with Gasteiger partial charge in [0.15, 0.2) is 0 Å². The largest absolute Gasteiger partial charge is 0.365 e. The standard InChI is InChI=1S/C17H23ClN2O3/c1-6-9-23-12(4)16(21)19-15-10-13(7-8-14(15)18)17(22)20(5)11(2)3/h6-8,10-12H,1,9H2,2-5H3,(H,19,21). The molecular weight excluding hydrogens is 316 g/mol. The first-order valence-corrected chi connectivity index (χ1v) is 7.75. The van der Waals surface area contributed by atoms with Gasteiger partial charge in [-0.3, -0.25) is 9.59 Å². The van der Waals surface area contributed by atoms with Crippen LogP contribution < -0.4 is 5.32 Å². The van der Waals surface area contributed by atoms with Crippen LogP contribution in [-0.4, -0.2) is 42.5 Å². The van der Waals surface area contributed by atoms with Crippen molar-refractivity contribution in [3.8, 4) is 0 Å². The maximum atomic E-state index is 12.3. The third-order valence-electron chi connectivity index (χ3n) is 3.40. The van der Waals surface area contributed by atoms with E-state index < -0.39 is 6.10 Å². The fourth-order valence-electron chi connectivity index (χ4n) is 1.71. The lowest BCUT2D eigenvalue weighted by Crippen LogP contribution is -2.33. The first-order valence-electron chi connectivity index (χ1n) is 7.38. The molecule has 1 aromatic carbocycles. The minimum absolute atomic E-state index is 0.0727. The summed E-state index contributed by atoms with van der Waals surface area (Å²) in [5.74, 6) is -0.473. The van der Waals surface area contributed by atoms with E-state index in [0.717, 1.165) is 0 Å². The van der Waals surface area contributed by atoms with Crippen LogP contribution in [0.5, 0.6) is 0 Å². The van der Waals surface area contributed by atoms with Gasteiger partial charge in [-0.1, -0.05) is 17.7 Å². The van der Waals surface area contributed by atoms with Crippen molar-refractivity contribution in [2.75, 3.05) is 19.0 Å². The van der Waals surface area contributed by atoms with E-state index >= 15 is 0 Å². The molecule has 0 saturated heterocycles. The number of anilines is 1. The Morgan fingerprint density at radius 2 is 2.04 bits per heavy atom. The van der Waals surface area contributed by atoms with Crippen LogP contribution in [0.1, 0.15) is 31.1 Å². The summed E-state index contributed by atoms with van der Waals surface area (Å²) in [6.07, 6.45) is 0.916. The van der Waals surface area contributed by atoms with Crippen molar-refractivity contribution in [2.45, 2.75) is 32.9 Å². The van der Waals surface area contributed by atoms with Gasteiger partial charge in [0, 0.05) is 18.7 Å². The summed E-state index contributed by atoms with van der Waals surface area (Å²) in [6, 6.07) is 4.87. The highest BCUT2D eigenvalue weighted by molar-refractivity contribution is 6.34. The highest BCUT2D eigenvalue weighted by Crippen LogP contribution is 2.24. The molecule has 0 aromatic heterocycles. The van der Waals surface area contributed by atoms with E-state index in [1.165, 1.54) is 0 Å². The van der Waals surface area contributed by atoms with Gasteiger partial charge < -0.3 is 15.0 Å². The summed E-state index contributed by atoms with van der Waals surface area (Å²) in [6.45, 7) is 9.29. The number of hydrogen-bond acceptors (Lipinski definition) is 3. The summed E-state index contributed by atoms with van der Waals surface area (Å²) >= 11 is 6.10. The molecule has 23 heavy (non-hydrogen) atoms. The summed E-state index contributed by atoms with van der Waals surface area (Å²) in [5.41, 5.74) is 0.842. The summed E-state index contributed by atoms with van der Waals surface area (Å²) in [7, 11) is 1.73. The zero-order valence-corrected chi connectivity index (χ0v) is 14.7. The summed E-state index contributed by atoms with van der Waals surface area (Å²) < 4.78 is 5.26. The third-order valence-corrected chi connectivity index (χ3v) is 3.73. The van der Waals surface area contributed by atoms with E-state index in [-0.39, 0.29) is 24.5 Å². The van der Waals surface area contributed by atoms with E-state index in [1.807, 2.05) is 13.8 Å². The Morgan fingerprint density at radius 1 is 1.39 bits per heavy atom. The predicted molar refractivity (Wildman–Crippen MR) is 92.9 cm³/mol. The van der Waals surface area contributed by atoms with Crippen molar-refractivity contribution < 1.29 is 14.3 Å². The molecule has 1 N–H and O–H groups in total. The zero-order valence-electron chi connectivity index (χ0n) is 13.9. The number of ether oxygens (including phenoxy) is 1. The van der Waals surface area contributed by atoms with Crippen LogP contribution in [0.2, 0.25) is 5.02 Å². The predicted octanol–water partition coefficient (Wildman–Crippen LogP) is 3.35. The number of rotatable bonds is 7. The first kappa shape index (κ1) is 19.2. The van der Waals surface area contributed by atoms with Crippen LogP contribution >= 0.6 is 11.6 Å². The minimum atomic E-state index is -0.651. The molecule has 0 spiro atoms. The summed E-state index contributed by atoms with van der Waals surface area (Å²) in [5, 5.41) is 3.04. The van der Waals surface area contributed by atoms with Gasteiger partial charge in [-0.15, -0.1) is 6.58 Å². The molecule has 5 nitrogen and oxygen atoms in total. The van der Waals surface area contributed by atoms with Crippen LogP contribution in [0.25, 0.3) is 0 Å². The fourth-order valence-corrected chi connectivity index (χ4v) is 1.88. The number of carbonyl (C=O) groups excluding carboxylic acids is 2. The Morgan fingerprint density at radius 3 is 2.61 bits per heavy atom. The van der Waals surface area contributed by atoms with Gasteiger partial charge in [-0.25, -0.2) is 0 Å². The van der Waals surface area contributed by atoms with E-state index in [0.29, 0.717) is 16.3 Å². The molecule has 1 unspecified atom stereocenters. The van der Waals surface area contributed by atoms with Gasteiger partial charge in [0.1, 0.15) is 6.10 Å². The molecule has 1 atom stereocenters. The third kappa shape index (κ3) is 5.37. The van der Waals surface area contributed by atoms with Crippen LogP contribution in [0.3, 0.4) is 0 Å². The van der Waals surface area contributed by atoms with Crippen molar-refractivity contribution in [1.82, 2.24) is 4.90 Å². The Balaban J connectivity index is 2.91. The monoisotopic (exact) mass is 338 g/mol. The minimum Gasteiger partial charge on any atom is -0.365 e. The molecule has 0 aliphatic rings. The number of amides is 2. The average Bonchev–Trinajstić information content (AvgIpc) is 2.52. The highest BCUT2D eigenvalue weighted by Gasteiger charge is 2.18. The van der Waals surface area contributed by atoms with E-state index in [2.05, 4.69) is 11.9 Å². The second-order valence-corrected chi connectivity index (χ2v) is 5.87. The van der Waals surface area contributed by atoms with E-state index in [1.54, 1.807) is 43.1 Å². The molecule has 0 heterocycles. The molecule has 0 bridgehead atoms. The topological polar surface area (TPSA) is 58.6 Å². The number of nitrogens with zero attached hydrogens (tertiary/aromatic N) is 1. The fraction of sp³-hybridized carbons (Fsp3) is 0.412. The van der Waals surface area contributed by atoms with E-state index in [4.69, 9.17) is 16.3 Å². The first-order chi connectivity index (χ1) is 10.8. The van der Waals surface area contributed by atoms with Crippen LogP contribution in [-0.2, 0) is 9.53 Å². The number of hydrogen-bond donors (Lipinski definition) is 1. The van der Waals surface area contributed by atoms with Crippen LogP contribution in [0, 0.1) is 0 Å². The van der Waals surface area contributed by atoms with Crippen LogP contribution in [0.4, 0.5) is 5.69 Å². The Bertz CT molecular complexity index is 587. The normalized spacial score (nSPS) is 11.9. The lowest BCUT2D eigenvalue weighted by Gasteiger charge is -2.22. The number of benzene rings is 1. The zero-order chi connectivity index (χ0) is 17.6. The molecule has 6 heteroatoms. The van der Waals surface area contributed by atoms with Crippen molar-refractivity contribution in [3.63, 3.8) is 0 Å². The lowest BCUT2D eigenvalue weighted by molar-refractivity contribution is -0.125. The van der Waals surface area contributed by atoms with Crippen molar-refractivity contribution in [3.05, 3.63) is 41.4 Å². The number of nitrogens with one attached hydrogen (secondary N) is 1. The number of carbonyl (C=O) groups is 2. The molecule has 1 rings (SSSR count). The smallest absolute Gasteiger partial charge is 0.253 e. The molecule has 126 valence electrons. The number of halogens is 1. The maximum Gasteiger partial charge on any atom is 0.253 e. The molecule has 0 aliphatic carbocycles. The van der Waals surface area contributed by atoms with Gasteiger partial charge in [-0.2, -0.15) is 0 Å². The maximum absolute atomic E-state index is 12.3. The Hall–Kier alpha value is -1.85. The lowest BCUT2D eigenvalue weighted by atomic mass is 10.1. The van der Waals surface area contributed by atoms with Gasteiger partial charge in [-0.05, 0) is 39.0 Å². The average molecular weight is 339 g/mol. The SMILES string of the molecule is C=CCOC(C)C(=O)Nc1cc(C(=O)N(C)C(C)C)ccc1Cl.